The summed E-state index contributed by atoms with van der Waals surface area (Å²) in [6.07, 6.45) is -0.207. The molecule has 3 N–H and O–H groups in total. The van der Waals surface area contributed by atoms with Crippen molar-refractivity contribution in [2.75, 3.05) is 18.1 Å². The van der Waals surface area contributed by atoms with Crippen LogP contribution < -0.4 is 5.32 Å². The highest BCUT2D eigenvalue weighted by molar-refractivity contribution is 7.99. The summed E-state index contributed by atoms with van der Waals surface area (Å²) in [6.45, 7) is 3.55. The number of rotatable bonds is 9. The average molecular weight is 430 g/mol. The fraction of sp³-hybridized carbons (Fsp3) is 0.391. The van der Waals surface area contributed by atoms with Gasteiger partial charge in [0.25, 0.3) is 0 Å². The number of carboxylic acids is 1. The first-order valence-corrected chi connectivity index (χ1v) is 11.1. The number of hydrogen-bond donors (Lipinski definition) is 3. The molecule has 2 aromatic rings. The smallest absolute Gasteiger partial charge is 0.407 e. The van der Waals surface area contributed by atoms with Crippen LogP contribution in [0.3, 0.4) is 0 Å². The molecule has 1 unspecified atom stereocenters. The number of alkyl carbamates (subject to hydrolysis) is 1. The van der Waals surface area contributed by atoms with Gasteiger partial charge in [0.05, 0.1) is 5.60 Å². The quantitative estimate of drug-likeness (QED) is 0.524. The summed E-state index contributed by atoms with van der Waals surface area (Å²) in [5.74, 6) is -0.387. The number of carbonyl (C=O) groups excluding carboxylic acids is 1. The van der Waals surface area contributed by atoms with Gasteiger partial charge in [-0.25, -0.2) is 9.59 Å². The van der Waals surface area contributed by atoms with E-state index in [1.807, 2.05) is 36.4 Å². The lowest BCUT2D eigenvalue weighted by Crippen LogP contribution is -2.43. The Morgan fingerprint density at radius 1 is 1.10 bits per heavy atom. The maximum atomic E-state index is 12.3. The summed E-state index contributed by atoms with van der Waals surface area (Å²) in [6, 6.07) is 15.0. The Labute approximate surface area is 180 Å². The predicted molar refractivity (Wildman–Crippen MR) is 118 cm³/mol. The van der Waals surface area contributed by atoms with Crippen molar-refractivity contribution >= 4 is 23.8 Å². The first kappa shape index (κ1) is 22.2. The standard InChI is InChI=1S/C23H27NO5S/c1-23(2,28)11-12-30-14-20(21(25)26)24-22(27)29-13-19-17-9-5-3-7-15(17)16-8-4-6-10-18(16)19/h3-10,19-20,28H,11-14H2,1-2H3,(H,24,27)(H,25,26). The number of carbonyl (C=O) groups is 2. The fourth-order valence-corrected chi connectivity index (χ4v) is 4.75. The number of aliphatic hydroxyl groups is 1. The average Bonchev–Trinajstić information content (AvgIpc) is 3.01. The molecule has 0 saturated heterocycles. The molecule has 30 heavy (non-hydrogen) atoms. The predicted octanol–water partition coefficient (Wildman–Crippen LogP) is 3.87. The molecule has 1 amide bonds. The lowest BCUT2D eigenvalue weighted by molar-refractivity contribution is -0.138. The van der Waals surface area contributed by atoms with Gasteiger partial charge < -0.3 is 20.3 Å². The third kappa shape index (κ3) is 5.55. The summed E-state index contributed by atoms with van der Waals surface area (Å²) in [4.78, 5) is 23.8. The van der Waals surface area contributed by atoms with E-state index < -0.39 is 23.7 Å². The van der Waals surface area contributed by atoms with E-state index in [1.165, 1.54) is 11.8 Å². The normalized spacial score (nSPS) is 14.0. The summed E-state index contributed by atoms with van der Waals surface area (Å²) in [7, 11) is 0. The van der Waals surface area contributed by atoms with Crippen LogP contribution in [0.25, 0.3) is 11.1 Å². The molecule has 0 radical (unpaired) electrons. The van der Waals surface area contributed by atoms with Crippen LogP contribution in [0, 0.1) is 0 Å². The number of amides is 1. The number of ether oxygens (including phenoxy) is 1. The van der Waals surface area contributed by atoms with E-state index in [1.54, 1.807) is 13.8 Å². The zero-order valence-electron chi connectivity index (χ0n) is 17.1. The van der Waals surface area contributed by atoms with Gasteiger partial charge in [0.15, 0.2) is 0 Å². The van der Waals surface area contributed by atoms with Crippen LogP contribution in [0.4, 0.5) is 4.79 Å². The summed E-state index contributed by atoms with van der Waals surface area (Å²) in [5.41, 5.74) is 3.67. The molecular formula is C23H27NO5S. The Morgan fingerprint density at radius 3 is 2.20 bits per heavy atom. The van der Waals surface area contributed by atoms with Gasteiger partial charge in [-0.1, -0.05) is 48.5 Å². The van der Waals surface area contributed by atoms with Crippen molar-refractivity contribution in [1.82, 2.24) is 5.32 Å². The second-order valence-electron chi connectivity index (χ2n) is 8.00. The number of hydrogen-bond acceptors (Lipinski definition) is 5. The van der Waals surface area contributed by atoms with Crippen LogP contribution in [0.5, 0.6) is 0 Å². The zero-order valence-corrected chi connectivity index (χ0v) is 17.9. The fourth-order valence-electron chi connectivity index (χ4n) is 3.48. The van der Waals surface area contributed by atoms with Crippen LogP contribution in [0.2, 0.25) is 0 Å². The Bertz CT molecular complexity index is 863. The summed E-state index contributed by atoms with van der Waals surface area (Å²) >= 11 is 1.37. The van der Waals surface area contributed by atoms with Gasteiger partial charge in [-0.3, -0.25) is 0 Å². The third-order valence-corrected chi connectivity index (χ3v) is 6.14. The number of fused-ring (bicyclic) bond motifs is 3. The Balaban J connectivity index is 1.56. The number of aliphatic carboxylic acids is 1. The third-order valence-electron chi connectivity index (χ3n) is 5.08. The molecule has 160 valence electrons. The molecule has 0 spiro atoms. The van der Waals surface area contributed by atoms with Gasteiger partial charge in [0.1, 0.15) is 12.6 Å². The van der Waals surface area contributed by atoms with Crippen molar-refractivity contribution in [1.29, 1.82) is 0 Å². The van der Waals surface area contributed by atoms with Crippen LogP contribution in [0.15, 0.2) is 48.5 Å². The minimum Gasteiger partial charge on any atom is -0.480 e. The van der Waals surface area contributed by atoms with Crippen molar-refractivity contribution in [2.45, 2.75) is 37.8 Å². The molecule has 2 aromatic carbocycles. The molecule has 3 rings (SSSR count). The molecule has 0 aliphatic heterocycles. The minimum absolute atomic E-state index is 0.0763. The van der Waals surface area contributed by atoms with Crippen molar-refractivity contribution in [3.8, 4) is 11.1 Å². The van der Waals surface area contributed by atoms with E-state index >= 15 is 0 Å². The highest BCUT2D eigenvalue weighted by Gasteiger charge is 2.29. The Hall–Kier alpha value is -2.51. The Kier molecular flexibility index (Phi) is 7.05. The largest absolute Gasteiger partial charge is 0.480 e. The van der Waals surface area contributed by atoms with E-state index in [-0.39, 0.29) is 18.3 Å². The molecule has 0 saturated carbocycles. The van der Waals surface area contributed by atoms with Gasteiger partial charge in [-0.05, 0) is 48.3 Å². The van der Waals surface area contributed by atoms with Crippen molar-refractivity contribution < 1.29 is 24.5 Å². The van der Waals surface area contributed by atoms with Crippen molar-refractivity contribution in [2.24, 2.45) is 0 Å². The molecule has 1 aliphatic rings. The lowest BCUT2D eigenvalue weighted by Gasteiger charge is -2.19. The van der Waals surface area contributed by atoms with Gasteiger partial charge in [-0.15, -0.1) is 0 Å². The first-order valence-electron chi connectivity index (χ1n) is 9.91. The first-order chi connectivity index (χ1) is 14.3. The van der Waals surface area contributed by atoms with E-state index in [2.05, 4.69) is 17.4 Å². The number of carboxylic acid groups (broad SMARTS) is 1. The molecule has 1 aliphatic carbocycles. The number of nitrogens with one attached hydrogen (secondary N) is 1. The maximum absolute atomic E-state index is 12.3. The minimum atomic E-state index is -1.11. The summed E-state index contributed by atoms with van der Waals surface area (Å²) in [5, 5.41) is 21.6. The second-order valence-corrected chi connectivity index (χ2v) is 9.15. The van der Waals surface area contributed by atoms with Crippen LogP contribution in [-0.4, -0.2) is 52.0 Å². The SMILES string of the molecule is CC(C)(O)CCSCC(NC(=O)OCC1c2ccccc2-c2ccccc21)C(=O)O. The Morgan fingerprint density at radius 2 is 1.67 bits per heavy atom. The molecule has 1 atom stereocenters. The summed E-state index contributed by atoms with van der Waals surface area (Å²) < 4.78 is 5.42. The molecule has 7 heteroatoms. The number of benzene rings is 2. The van der Waals surface area contributed by atoms with Crippen LogP contribution >= 0.6 is 11.8 Å². The highest BCUT2D eigenvalue weighted by Crippen LogP contribution is 2.44. The number of thioether (sulfide) groups is 1. The zero-order chi connectivity index (χ0) is 21.7. The van der Waals surface area contributed by atoms with Gasteiger partial charge in [0.2, 0.25) is 0 Å². The highest BCUT2D eigenvalue weighted by atomic mass is 32.2. The van der Waals surface area contributed by atoms with Gasteiger partial charge >= 0.3 is 12.1 Å². The monoisotopic (exact) mass is 429 g/mol. The molecule has 0 bridgehead atoms. The van der Waals surface area contributed by atoms with E-state index in [0.717, 1.165) is 22.3 Å². The van der Waals surface area contributed by atoms with Crippen molar-refractivity contribution in [3.63, 3.8) is 0 Å². The van der Waals surface area contributed by atoms with Gasteiger partial charge in [0, 0.05) is 11.7 Å². The maximum Gasteiger partial charge on any atom is 0.407 e. The molecule has 0 heterocycles. The molecule has 0 aromatic heterocycles. The molecule has 6 nitrogen and oxygen atoms in total. The molecule has 0 fully saturated rings. The van der Waals surface area contributed by atoms with Gasteiger partial charge in [-0.2, -0.15) is 11.8 Å². The second kappa shape index (κ2) is 9.53. The topological polar surface area (TPSA) is 95.9 Å². The van der Waals surface area contributed by atoms with Crippen LogP contribution in [0.1, 0.15) is 37.3 Å². The molecular weight excluding hydrogens is 402 g/mol. The van der Waals surface area contributed by atoms with E-state index in [0.29, 0.717) is 12.2 Å². The van der Waals surface area contributed by atoms with E-state index in [9.17, 15) is 19.8 Å². The van der Waals surface area contributed by atoms with Crippen LogP contribution in [-0.2, 0) is 9.53 Å². The van der Waals surface area contributed by atoms with E-state index in [4.69, 9.17) is 4.74 Å². The lowest BCUT2D eigenvalue weighted by atomic mass is 9.98. The van der Waals surface area contributed by atoms with Crippen molar-refractivity contribution in [3.05, 3.63) is 59.7 Å².